The number of quaternary nitrogens is 1. The molecule has 2 aliphatic heterocycles. The monoisotopic (exact) mass is 483 g/mol. The third-order valence-corrected chi connectivity index (χ3v) is 7.60. The maximum absolute atomic E-state index is 13.5. The van der Waals surface area contributed by atoms with Gasteiger partial charge in [-0.05, 0) is 12.3 Å². The van der Waals surface area contributed by atoms with Crippen LogP contribution in [0.2, 0.25) is 0 Å². The first-order chi connectivity index (χ1) is 16.9. The molecule has 190 valence electrons. The largest absolute Gasteiger partial charge is 0.632 e. The number of carbonyl (C=O) groups is 2. The third kappa shape index (κ3) is 6.72. The Kier molecular flexibility index (Phi) is 8.26. The molecule has 0 bridgehead atoms. The summed E-state index contributed by atoms with van der Waals surface area (Å²) < 4.78 is 4.78. The van der Waals surface area contributed by atoms with Crippen molar-refractivity contribution in [1.29, 1.82) is 5.26 Å². The van der Waals surface area contributed by atoms with Gasteiger partial charge >= 0.3 is 6.03 Å². The van der Waals surface area contributed by atoms with Crippen LogP contribution in [0.4, 0.5) is 4.79 Å². The van der Waals surface area contributed by atoms with E-state index in [0.717, 1.165) is 31.2 Å². The number of nitriles is 1. The number of hydrogen-bond acceptors (Lipinski definition) is 5. The van der Waals surface area contributed by atoms with Crippen LogP contribution in [0.5, 0.6) is 0 Å². The fraction of sp³-hybridized carbons (Fsp3) is 0.654. The van der Waals surface area contributed by atoms with E-state index in [1.54, 1.807) is 4.90 Å². The van der Waals surface area contributed by atoms with Crippen LogP contribution < -0.4 is 10.6 Å². The van der Waals surface area contributed by atoms with E-state index in [1.165, 1.54) is 6.42 Å². The van der Waals surface area contributed by atoms with E-state index in [9.17, 15) is 20.1 Å². The van der Waals surface area contributed by atoms with E-state index in [1.807, 2.05) is 30.3 Å². The topological polar surface area (TPSA) is 118 Å². The lowest BCUT2D eigenvalue weighted by Crippen LogP contribution is -2.59. The van der Waals surface area contributed by atoms with E-state index < -0.39 is 16.2 Å². The highest BCUT2D eigenvalue weighted by Gasteiger charge is 2.47. The van der Waals surface area contributed by atoms with Gasteiger partial charge in [0.15, 0.2) is 5.54 Å². The average molecular weight is 484 g/mol. The summed E-state index contributed by atoms with van der Waals surface area (Å²) in [6.45, 7) is 2.46. The second-order valence-corrected chi connectivity index (χ2v) is 10.4. The first-order valence-electron chi connectivity index (χ1n) is 12.9. The molecule has 3 aliphatic rings. The fourth-order valence-electron chi connectivity index (χ4n) is 5.63. The number of carbonyl (C=O) groups excluding carboxylic acids is 2. The first-order valence-corrected chi connectivity index (χ1v) is 12.9. The maximum atomic E-state index is 13.5. The zero-order chi connectivity index (χ0) is 24.7. The lowest BCUT2D eigenvalue weighted by atomic mass is 9.84. The predicted octanol–water partition coefficient (Wildman–Crippen LogP) is 2.66. The number of hydroxylamine groups is 3. The van der Waals surface area contributed by atoms with Crippen molar-refractivity contribution in [1.82, 2.24) is 15.5 Å². The highest BCUT2D eigenvalue weighted by Crippen LogP contribution is 2.31. The van der Waals surface area contributed by atoms with Crippen molar-refractivity contribution in [3.8, 4) is 6.07 Å². The molecule has 1 aliphatic carbocycles. The molecule has 2 saturated heterocycles. The van der Waals surface area contributed by atoms with Gasteiger partial charge in [-0.2, -0.15) is 5.26 Å². The van der Waals surface area contributed by atoms with Crippen molar-refractivity contribution >= 4 is 11.9 Å². The number of benzene rings is 1. The van der Waals surface area contributed by atoms with Crippen molar-refractivity contribution in [2.75, 3.05) is 39.4 Å². The predicted molar refractivity (Wildman–Crippen MR) is 131 cm³/mol. The van der Waals surface area contributed by atoms with Crippen molar-refractivity contribution < 1.29 is 19.0 Å². The van der Waals surface area contributed by atoms with Gasteiger partial charge in [0, 0.05) is 25.1 Å². The number of ether oxygens (including phenoxy) is 1. The summed E-state index contributed by atoms with van der Waals surface area (Å²) in [4.78, 5) is 28.1. The van der Waals surface area contributed by atoms with Gasteiger partial charge in [-0.25, -0.2) is 4.79 Å². The summed E-state index contributed by atoms with van der Waals surface area (Å²) in [5.74, 6) is -0.00884. The van der Waals surface area contributed by atoms with Gasteiger partial charge in [-0.3, -0.25) is 4.79 Å². The Morgan fingerprint density at radius 3 is 2.60 bits per heavy atom. The number of nitrogens with one attached hydrogen (secondary N) is 2. The highest BCUT2D eigenvalue weighted by atomic mass is 16.5. The minimum absolute atomic E-state index is 0.00229. The molecular formula is C26H37N5O4. The molecule has 0 aromatic heterocycles. The number of likely N-dealkylation sites (tertiary alicyclic amines) is 1. The molecule has 4 rings (SSSR count). The molecule has 9 heteroatoms. The fourth-order valence-corrected chi connectivity index (χ4v) is 5.63. The van der Waals surface area contributed by atoms with Crippen LogP contribution in [-0.2, 0) is 16.1 Å². The second-order valence-electron chi connectivity index (χ2n) is 10.4. The van der Waals surface area contributed by atoms with Crippen LogP contribution >= 0.6 is 0 Å². The standard InChI is InChI=1S/C26H37N5O4/c27-19-26(11-14-31(34,20-26)18-22-9-5-2-6-10-22)29-24(32)23(17-21-7-3-1-4-8-21)28-25(33)30-12-15-35-16-13-30/h2,5-6,9-10,21,23H,1,3-4,7-8,11-18,20H2,(H,28,33)(H,29,32)/t23-,26?,31?/m0/s1. The quantitative estimate of drug-likeness (QED) is 0.457. The molecule has 1 aromatic rings. The Morgan fingerprint density at radius 1 is 1.20 bits per heavy atom. The van der Waals surface area contributed by atoms with Crippen LogP contribution in [0, 0.1) is 22.5 Å². The molecule has 2 N–H and O–H groups in total. The molecular weight excluding hydrogens is 446 g/mol. The molecule has 35 heavy (non-hydrogen) atoms. The molecule has 0 radical (unpaired) electrons. The highest BCUT2D eigenvalue weighted by molar-refractivity contribution is 5.87. The minimum atomic E-state index is -1.23. The van der Waals surface area contributed by atoms with E-state index in [-0.39, 0.29) is 31.6 Å². The molecule has 0 spiro atoms. The summed E-state index contributed by atoms with van der Waals surface area (Å²) in [6, 6.07) is 10.7. The number of rotatable bonds is 7. The van der Waals surface area contributed by atoms with Gasteiger partial charge in [-0.15, -0.1) is 0 Å². The van der Waals surface area contributed by atoms with Crippen molar-refractivity contribution in [2.45, 2.75) is 63.1 Å². The van der Waals surface area contributed by atoms with Crippen molar-refractivity contribution in [2.24, 2.45) is 5.92 Å². The van der Waals surface area contributed by atoms with E-state index in [0.29, 0.717) is 45.1 Å². The maximum Gasteiger partial charge on any atom is 0.318 e. The molecule has 1 saturated carbocycles. The van der Waals surface area contributed by atoms with E-state index in [4.69, 9.17) is 4.74 Å². The smallest absolute Gasteiger partial charge is 0.318 e. The normalized spacial score (nSPS) is 28.2. The number of amides is 3. The van der Waals surface area contributed by atoms with E-state index in [2.05, 4.69) is 16.7 Å². The number of morpholine rings is 1. The molecule has 3 amide bonds. The van der Waals surface area contributed by atoms with Gasteiger partial charge in [0.2, 0.25) is 5.91 Å². The molecule has 2 heterocycles. The van der Waals surface area contributed by atoms with Gasteiger partial charge in [0.1, 0.15) is 19.1 Å². The van der Waals surface area contributed by atoms with Gasteiger partial charge in [0.25, 0.3) is 0 Å². The first kappa shape index (κ1) is 25.4. The van der Waals surface area contributed by atoms with Crippen LogP contribution in [0.25, 0.3) is 0 Å². The second kappa shape index (κ2) is 11.4. The average Bonchev–Trinajstić information content (AvgIpc) is 3.21. The molecule has 9 nitrogen and oxygen atoms in total. The lowest BCUT2D eigenvalue weighted by molar-refractivity contribution is -0.883. The Balaban J connectivity index is 1.43. The Labute approximate surface area is 207 Å². The zero-order valence-corrected chi connectivity index (χ0v) is 20.4. The third-order valence-electron chi connectivity index (χ3n) is 7.60. The number of urea groups is 1. The van der Waals surface area contributed by atoms with Crippen LogP contribution in [0.3, 0.4) is 0 Å². The summed E-state index contributed by atoms with van der Waals surface area (Å²) in [7, 11) is 0. The minimum Gasteiger partial charge on any atom is -0.632 e. The van der Waals surface area contributed by atoms with Crippen LogP contribution in [0.15, 0.2) is 30.3 Å². The summed E-state index contributed by atoms with van der Waals surface area (Å²) in [5.41, 5.74) is -0.321. The zero-order valence-electron chi connectivity index (χ0n) is 20.4. The molecule has 2 unspecified atom stereocenters. The summed E-state index contributed by atoms with van der Waals surface area (Å²) >= 11 is 0. The van der Waals surface area contributed by atoms with Crippen molar-refractivity contribution in [3.63, 3.8) is 0 Å². The lowest BCUT2D eigenvalue weighted by Gasteiger charge is -2.40. The van der Waals surface area contributed by atoms with Crippen LogP contribution in [-0.4, -0.2) is 72.5 Å². The number of nitrogens with zero attached hydrogens (tertiary/aromatic N) is 3. The molecule has 3 fully saturated rings. The van der Waals surface area contributed by atoms with Gasteiger partial charge in [0.05, 0.1) is 25.8 Å². The van der Waals surface area contributed by atoms with Gasteiger partial charge in [-0.1, -0.05) is 62.4 Å². The van der Waals surface area contributed by atoms with Crippen LogP contribution in [0.1, 0.15) is 50.5 Å². The molecule has 1 aromatic carbocycles. The van der Waals surface area contributed by atoms with E-state index >= 15 is 0 Å². The van der Waals surface area contributed by atoms with Gasteiger partial charge < -0.3 is 30.1 Å². The number of hydrogen-bond donors (Lipinski definition) is 2. The summed E-state index contributed by atoms with van der Waals surface area (Å²) in [5, 5.41) is 29.3. The van der Waals surface area contributed by atoms with Crippen molar-refractivity contribution in [3.05, 3.63) is 41.1 Å². The Hall–Kier alpha value is -2.67. The Bertz CT molecular complexity index is 910. The summed E-state index contributed by atoms with van der Waals surface area (Å²) in [6.07, 6.45) is 6.39. The molecule has 3 atom stereocenters. The Morgan fingerprint density at radius 2 is 1.91 bits per heavy atom. The SMILES string of the molecule is N#CC1(NC(=O)[C@H](CC2CCCCC2)NC(=O)N2CCOCC2)CC[N+]([O-])(Cc2ccccc2)C1.